The Morgan fingerprint density at radius 1 is 1.00 bits per heavy atom. The highest BCUT2D eigenvalue weighted by Crippen LogP contribution is 2.35. The van der Waals surface area contributed by atoms with E-state index in [-0.39, 0.29) is 10.4 Å². The average Bonchev–Trinajstić information content (AvgIpc) is 3.13. The van der Waals surface area contributed by atoms with Crippen molar-refractivity contribution in [3.8, 4) is 0 Å². The highest BCUT2D eigenvalue weighted by molar-refractivity contribution is 7.99. The van der Waals surface area contributed by atoms with Gasteiger partial charge in [-0.3, -0.25) is 0 Å². The van der Waals surface area contributed by atoms with Crippen LogP contribution in [0, 0.1) is 0 Å². The predicted octanol–water partition coefficient (Wildman–Crippen LogP) is 2.94. The first-order valence-electron chi connectivity index (χ1n) is 8.00. The summed E-state index contributed by atoms with van der Waals surface area (Å²) in [4.78, 5) is 5.17. The maximum atomic E-state index is 13.0. The van der Waals surface area contributed by atoms with E-state index in [0.29, 0.717) is 18.6 Å². The standard InChI is InChI=1S/C16H16N4O3S2/c21-25(22,20-10-4-1-5-11-20)13-8-7-12(15-16(13)19-23-18-15)24-14-6-2-3-9-17-14/h2-3,6-9H,1,4-5,10-11H2. The molecule has 2 aromatic heterocycles. The van der Waals surface area contributed by atoms with Gasteiger partial charge in [-0.25, -0.2) is 18.0 Å². The summed E-state index contributed by atoms with van der Waals surface area (Å²) in [5.41, 5.74) is 0.709. The third-order valence-electron chi connectivity index (χ3n) is 4.13. The Kier molecular flexibility index (Phi) is 4.45. The topological polar surface area (TPSA) is 89.2 Å². The fourth-order valence-corrected chi connectivity index (χ4v) is 5.36. The van der Waals surface area contributed by atoms with Crippen LogP contribution in [0.2, 0.25) is 0 Å². The quantitative estimate of drug-likeness (QED) is 0.691. The van der Waals surface area contributed by atoms with Crippen LogP contribution in [0.5, 0.6) is 0 Å². The van der Waals surface area contributed by atoms with Crippen LogP contribution in [0.25, 0.3) is 11.0 Å². The normalized spacial score (nSPS) is 16.3. The van der Waals surface area contributed by atoms with Crippen LogP contribution < -0.4 is 0 Å². The molecule has 9 heteroatoms. The first kappa shape index (κ1) is 16.5. The first-order chi connectivity index (χ1) is 12.2. The van der Waals surface area contributed by atoms with Crippen LogP contribution in [0.3, 0.4) is 0 Å². The van der Waals surface area contributed by atoms with E-state index in [1.54, 1.807) is 18.3 Å². The molecule has 0 saturated carbocycles. The molecule has 0 atom stereocenters. The Balaban J connectivity index is 1.75. The summed E-state index contributed by atoms with van der Waals surface area (Å²) in [5, 5.41) is 8.56. The van der Waals surface area contributed by atoms with Gasteiger partial charge in [-0.1, -0.05) is 24.2 Å². The molecular formula is C16H16N4O3S2. The Morgan fingerprint density at radius 3 is 2.56 bits per heavy atom. The smallest absolute Gasteiger partial charge is 0.245 e. The van der Waals surface area contributed by atoms with Crippen LogP contribution in [-0.2, 0) is 10.0 Å². The van der Waals surface area contributed by atoms with Crippen molar-refractivity contribution in [1.82, 2.24) is 19.6 Å². The van der Waals surface area contributed by atoms with Crippen molar-refractivity contribution in [2.24, 2.45) is 0 Å². The maximum Gasteiger partial charge on any atom is 0.245 e. The molecular weight excluding hydrogens is 360 g/mol. The number of sulfonamides is 1. The van der Waals surface area contributed by atoms with E-state index < -0.39 is 10.0 Å². The molecule has 3 heterocycles. The van der Waals surface area contributed by atoms with Gasteiger partial charge in [0.15, 0.2) is 11.0 Å². The molecule has 0 amide bonds. The summed E-state index contributed by atoms with van der Waals surface area (Å²) < 4.78 is 32.3. The molecule has 25 heavy (non-hydrogen) atoms. The Labute approximate surface area is 149 Å². The lowest BCUT2D eigenvalue weighted by molar-refractivity contribution is 0.314. The largest absolute Gasteiger partial charge is 0.250 e. The van der Waals surface area contributed by atoms with Gasteiger partial charge in [-0.05, 0) is 47.4 Å². The summed E-state index contributed by atoms with van der Waals surface area (Å²) in [6.07, 6.45) is 4.53. The van der Waals surface area contributed by atoms with Crippen LogP contribution in [-0.4, -0.2) is 41.1 Å². The number of aromatic nitrogens is 3. The van der Waals surface area contributed by atoms with Crippen molar-refractivity contribution in [1.29, 1.82) is 0 Å². The number of hydrogen-bond donors (Lipinski definition) is 0. The summed E-state index contributed by atoms with van der Waals surface area (Å²) in [6, 6.07) is 8.93. The third-order valence-corrected chi connectivity index (χ3v) is 7.06. The van der Waals surface area contributed by atoms with Gasteiger partial charge in [0.1, 0.15) is 9.92 Å². The third kappa shape index (κ3) is 3.14. The van der Waals surface area contributed by atoms with E-state index in [1.165, 1.54) is 16.1 Å². The molecule has 1 fully saturated rings. The zero-order valence-electron chi connectivity index (χ0n) is 13.3. The summed E-state index contributed by atoms with van der Waals surface area (Å²) in [7, 11) is -3.60. The Bertz CT molecular complexity index is 983. The van der Waals surface area contributed by atoms with E-state index in [2.05, 4.69) is 15.3 Å². The van der Waals surface area contributed by atoms with Gasteiger partial charge in [-0.15, -0.1) is 0 Å². The van der Waals surface area contributed by atoms with Crippen molar-refractivity contribution < 1.29 is 13.0 Å². The molecule has 0 unspecified atom stereocenters. The van der Waals surface area contributed by atoms with Crippen LogP contribution in [0.15, 0.2) is 56.0 Å². The molecule has 1 aliphatic heterocycles. The lowest BCUT2D eigenvalue weighted by Gasteiger charge is -2.25. The van der Waals surface area contributed by atoms with Gasteiger partial charge in [0, 0.05) is 24.2 Å². The molecule has 7 nitrogen and oxygen atoms in total. The van der Waals surface area contributed by atoms with E-state index in [9.17, 15) is 8.42 Å². The van der Waals surface area contributed by atoms with Gasteiger partial charge in [0.05, 0.1) is 0 Å². The fraction of sp³-hybridized carbons (Fsp3) is 0.312. The molecule has 0 radical (unpaired) electrons. The molecule has 1 aromatic carbocycles. The predicted molar refractivity (Wildman–Crippen MR) is 92.8 cm³/mol. The lowest BCUT2D eigenvalue weighted by Crippen LogP contribution is -2.35. The molecule has 0 aliphatic carbocycles. The number of fused-ring (bicyclic) bond motifs is 1. The number of piperidine rings is 1. The van der Waals surface area contributed by atoms with E-state index in [4.69, 9.17) is 4.63 Å². The molecule has 1 aliphatic rings. The van der Waals surface area contributed by atoms with E-state index in [0.717, 1.165) is 29.2 Å². The zero-order chi connectivity index (χ0) is 17.3. The zero-order valence-corrected chi connectivity index (χ0v) is 15.0. The molecule has 0 N–H and O–H groups in total. The molecule has 0 bridgehead atoms. The molecule has 3 aromatic rings. The number of nitrogens with zero attached hydrogens (tertiary/aromatic N) is 4. The van der Waals surface area contributed by atoms with Crippen LogP contribution in [0.1, 0.15) is 19.3 Å². The van der Waals surface area contributed by atoms with Gasteiger partial charge in [-0.2, -0.15) is 4.31 Å². The van der Waals surface area contributed by atoms with Crippen molar-refractivity contribution in [2.75, 3.05) is 13.1 Å². The monoisotopic (exact) mass is 376 g/mol. The van der Waals surface area contributed by atoms with Crippen molar-refractivity contribution in [3.05, 3.63) is 36.5 Å². The second-order valence-corrected chi connectivity index (χ2v) is 8.73. The van der Waals surface area contributed by atoms with Crippen molar-refractivity contribution in [3.63, 3.8) is 0 Å². The van der Waals surface area contributed by atoms with Crippen LogP contribution >= 0.6 is 11.8 Å². The fourth-order valence-electron chi connectivity index (χ4n) is 2.88. The van der Waals surface area contributed by atoms with E-state index in [1.807, 2.05) is 18.2 Å². The Morgan fingerprint density at radius 2 is 1.80 bits per heavy atom. The van der Waals surface area contributed by atoms with Gasteiger partial charge in [0.25, 0.3) is 0 Å². The molecule has 130 valence electrons. The SMILES string of the molecule is O=S(=O)(c1ccc(Sc2ccccn2)c2nonc12)N1CCCCC1. The summed E-state index contributed by atoms with van der Waals surface area (Å²) in [6.45, 7) is 1.08. The first-order valence-corrected chi connectivity index (χ1v) is 10.3. The molecule has 1 saturated heterocycles. The highest BCUT2D eigenvalue weighted by atomic mass is 32.2. The van der Waals surface area contributed by atoms with Crippen molar-refractivity contribution in [2.45, 2.75) is 34.1 Å². The van der Waals surface area contributed by atoms with Crippen LogP contribution in [0.4, 0.5) is 0 Å². The minimum atomic E-state index is -3.60. The summed E-state index contributed by atoms with van der Waals surface area (Å²) in [5.74, 6) is 0. The summed E-state index contributed by atoms with van der Waals surface area (Å²) >= 11 is 1.39. The van der Waals surface area contributed by atoms with Gasteiger partial charge >= 0.3 is 0 Å². The van der Waals surface area contributed by atoms with Gasteiger partial charge < -0.3 is 0 Å². The molecule has 0 spiro atoms. The number of hydrogen-bond acceptors (Lipinski definition) is 7. The molecule has 4 rings (SSSR count). The minimum absolute atomic E-state index is 0.149. The highest BCUT2D eigenvalue weighted by Gasteiger charge is 2.30. The average molecular weight is 376 g/mol. The number of pyridine rings is 1. The van der Waals surface area contributed by atoms with Crippen molar-refractivity contribution >= 4 is 32.8 Å². The second kappa shape index (κ2) is 6.74. The number of rotatable bonds is 4. The van der Waals surface area contributed by atoms with Gasteiger partial charge in [0.2, 0.25) is 10.0 Å². The second-order valence-electron chi connectivity index (χ2n) is 5.76. The maximum absolute atomic E-state index is 13.0. The number of benzene rings is 1. The van der Waals surface area contributed by atoms with E-state index >= 15 is 0 Å². The lowest BCUT2D eigenvalue weighted by atomic mass is 10.2. The Hall–Kier alpha value is -1.97. The minimum Gasteiger partial charge on any atom is -0.250 e.